The number of carboxylic acids is 2. The lowest BCUT2D eigenvalue weighted by molar-refractivity contribution is -0.140. The molecule has 0 saturated heterocycles. The molecule has 0 bridgehead atoms. The Morgan fingerprint density at radius 2 is 1.65 bits per heavy atom. The summed E-state index contributed by atoms with van der Waals surface area (Å²) in [5.74, 6) is -2.45. The Hall–Kier alpha value is -3.96. The standard InChI is InChI=1S/C26H20F3NO6S/c27-26(28,29)22-14-17(20-3-1-2-4-21(20)25(33)34)8-9-23(22)37(35,36)30-19-12-16-7-5-15(6-10-24(31)32)11-18(16)13-19/h1-11,14,19,30H,12-13H2,(H,31,32)(H,33,34)/b10-6+. The Morgan fingerprint density at radius 3 is 2.32 bits per heavy atom. The van der Waals surface area contributed by atoms with Crippen LogP contribution in [0.3, 0.4) is 0 Å². The summed E-state index contributed by atoms with van der Waals surface area (Å²) in [5.41, 5.74) is 0.478. The van der Waals surface area contributed by atoms with Gasteiger partial charge in [0.2, 0.25) is 10.0 Å². The van der Waals surface area contributed by atoms with Gasteiger partial charge in [0.1, 0.15) is 0 Å². The predicted octanol–water partition coefficient (Wildman–Crippen LogP) is 4.61. The van der Waals surface area contributed by atoms with Crippen LogP contribution in [0.5, 0.6) is 0 Å². The van der Waals surface area contributed by atoms with Crippen LogP contribution >= 0.6 is 0 Å². The molecule has 3 N–H and O–H groups in total. The average Bonchev–Trinajstić information content (AvgIpc) is 3.22. The average molecular weight is 532 g/mol. The van der Waals surface area contributed by atoms with Crippen LogP contribution in [0, 0.1) is 0 Å². The molecule has 7 nitrogen and oxygen atoms in total. The first kappa shape index (κ1) is 26.1. The summed E-state index contributed by atoms with van der Waals surface area (Å²) in [6.07, 6.45) is -2.20. The van der Waals surface area contributed by atoms with Crippen LogP contribution in [0.15, 0.2) is 71.6 Å². The number of hydrogen-bond donors (Lipinski definition) is 3. The van der Waals surface area contributed by atoms with Gasteiger partial charge in [-0.25, -0.2) is 22.7 Å². The number of aromatic carboxylic acids is 1. The molecule has 0 amide bonds. The van der Waals surface area contributed by atoms with Gasteiger partial charge in [0, 0.05) is 12.1 Å². The first-order chi connectivity index (χ1) is 17.3. The smallest absolute Gasteiger partial charge is 0.417 e. The van der Waals surface area contributed by atoms with Crippen molar-refractivity contribution in [1.82, 2.24) is 4.72 Å². The minimum Gasteiger partial charge on any atom is -0.478 e. The minimum absolute atomic E-state index is 0.0244. The molecule has 3 aromatic rings. The molecule has 1 aliphatic rings. The minimum atomic E-state index is -5.03. The molecule has 0 radical (unpaired) electrons. The van der Waals surface area contributed by atoms with Gasteiger partial charge in [-0.15, -0.1) is 0 Å². The van der Waals surface area contributed by atoms with E-state index in [1.165, 1.54) is 30.3 Å². The van der Waals surface area contributed by atoms with Crippen LogP contribution < -0.4 is 4.72 Å². The molecular weight excluding hydrogens is 511 g/mol. The van der Waals surface area contributed by atoms with E-state index in [-0.39, 0.29) is 29.5 Å². The normalized spacial score (nSPS) is 15.6. The number of aliphatic carboxylic acids is 1. The van der Waals surface area contributed by atoms with E-state index in [1.54, 1.807) is 18.2 Å². The maximum Gasteiger partial charge on any atom is 0.417 e. The zero-order chi connectivity index (χ0) is 27.0. The largest absolute Gasteiger partial charge is 0.478 e. The van der Waals surface area contributed by atoms with Gasteiger partial charge in [-0.05, 0) is 64.9 Å². The SMILES string of the molecule is O=C(O)/C=C/c1ccc2c(c1)CC(NS(=O)(=O)c1ccc(-c3ccccc3C(=O)O)cc1C(F)(F)F)C2. The maximum atomic E-state index is 14.0. The van der Waals surface area contributed by atoms with E-state index in [0.29, 0.717) is 11.6 Å². The number of carbonyl (C=O) groups is 2. The Kier molecular flexibility index (Phi) is 6.94. The van der Waals surface area contributed by atoms with Crippen LogP contribution in [0.25, 0.3) is 17.2 Å². The van der Waals surface area contributed by atoms with Gasteiger partial charge in [0.05, 0.1) is 16.0 Å². The highest BCUT2D eigenvalue weighted by molar-refractivity contribution is 7.89. The molecule has 0 saturated carbocycles. The van der Waals surface area contributed by atoms with Gasteiger partial charge in [0.25, 0.3) is 0 Å². The molecule has 0 spiro atoms. The molecule has 11 heteroatoms. The van der Waals surface area contributed by atoms with Crippen LogP contribution in [0.4, 0.5) is 13.2 Å². The van der Waals surface area contributed by atoms with Crippen LogP contribution in [-0.4, -0.2) is 36.6 Å². The Balaban J connectivity index is 1.64. The van der Waals surface area contributed by atoms with E-state index in [2.05, 4.69) is 4.72 Å². The monoisotopic (exact) mass is 531 g/mol. The van der Waals surface area contributed by atoms with Gasteiger partial charge in [-0.1, -0.05) is 42.5 Å². The number of nitrogens with one attached hydrogen (secondary N) is 1. The van der Waals surface area contributed by atoms with E-state index in [1.807, 2.05) is 0 Å². The fourth-order valence-corrected chi connectivity index (χ4v) is 5.79. The first-order valence-electron chi connectivity index (χ1n) is 10.9. The third kappa shape index (κ3) is 5.73. The summed E-state index contributed by atoms with van der Waals surface area (Å²) in [6, 6.07) is 12.5. The summed E-state index contributed by atoms with van der Waals surface area (Å²) < 4.78 is 70.5. The lowest BCUT2D eigenvalue weighted by Crippen LogP contribution is -2.36. The van der Waals surface area contributed by atoms with Crippen molar-refractivity contribution in [2.75, 3.05) is 0 Å². The van der Waals surface area contributed by atoms with Crippen molar-refractivity contribution in [2.24, 2.45) is 0 Å². The lowest BCUT2D eigenvalue weighted by Gasteiger charge is -2.18. The highest BCUT2D eigenvalue weighted by Crippen LogP contribution is 2.38. The predicted molar refractivity (Wildman–Crippen MR) is 128 cm³/mol. The second-order valence-electron chi connectivity index (χ2n) is 8.49. The number of alkyl halides is 3. The molecule has 1 aliphatic carbocycles. The van der Waals surface area contributed by atoms with E-state index >= 15 is 0 Å². The molecule has 1 unspecified atom stereocenters. The fraction of sp³-hybridized carbons (Fsp3) is 0.154. The highest BCUT2D eigenvalue weighted by atomic mass is 32.2. The quantitative estimate of drug-likeness (QED) is 0.383. The van der Waals surface area contributed by atoms with E-state index < -0.39 is 44.6 Å². The molecule has 0 aromatic heterocycles. The van der Waals surface area contributed by atoms with Crippen LogP contribution in [0.2, 0.25) is 0 Å². The van der Waals surface area contributed by atoms with Crippen molar-refractivity contribution in [3.63, 3.8) is 0 Å². The van der Waals surface area contributed by atoms with Crippen molar-refractivity contribution < 1.29 is 41.4 Å². The Morgan fingerprint density at radius 1 is 0.946 bits per heavy atom. The molecular formula is C26H20F3NO6S. The number of hydrogen-bond acceptors (Lipinski definition) is 4. The number of sulfonamides is 1. The van der Waals surface area contributed by atoms with E-state index in [0.717, 1.165) is 29.3 Å². The number of halogens is 3. The summed E-state index contributed by atoms with van der Waals surface area (Å²) in [7, 11) is -4.61. The fourth-order valence-electron chi connectivity index (χ4n) is 4.35. The molecule has 4 rings (SSSR count). The molecule has 192 valence electrons. The molecule has 0 aliphatic heterocycles. The first-order valence-corrected chi connectivity index (χ1v) is 12.4. The van der Waals surface area contributed by atoms with Crippen molar-refractivity contribution in [1.29, 1.82) is 0 Å². The van der Waals surface area contributed by atoms with Gasteiger partial charge in [0.15, 0.2) is 0 Å². The van der Waals surface area contributed by atoms with Gasteiger partial charge in [-0.2, -0.15) is 13.2 Å². The summed E-state index contributed by atoms with van der Waals surface area (Å²) in [4.78, 5) is 21.3. The summed E-state index contributed by atoms with van der Waals surface area (Å²) in [6.45, 7) is 0. The maximum absolute atomic E-state index is 14.0. The second kappa shape index (κ2) is 9.83. The molecule has 0 fully saturated rings. The van der Waals surface area contributed by atoms with Crippen molar-refractivity contribution >= 4 is 28.0 Å². The number of carboxylic acid groups (broad SMARTS) is 2. The number of rotatable bonds is 7. The molecule has 37 heavy (non-hydrogen) atoms. The Labute approximate surface area is 209 Å². The summed E-state index contributed by atoms with van der Waals surface area (Å²) in [5, 5.41) is 18.2. The van der Waals surface area contributed by atoms with Gasteiger partial charge < -0.3 is 10.2 Å². The summed E-state index contributed by atoms with van der Waals surface area (Å²) >= 11 is 0. The highest BCUT2D eigenvalue weighted by Gasteiger charge is 2.39. The zero-order valence-electron chi connectivity index (χ0n) is 19.0. The van der Waals surface area contributed by atoms with E-state index in [9.17, 15) is 36.3 Å². The number of benzene rings is 3. The topological polar surface area (TPSA) is 121 Å². The van der Waals surface area contributed by atoms with Crippen molar-refractivity contribution in [3.05, 3.63) is 94.6 Å². The lowest BCUT2D eigenvalue weighted by atomic mass is 9.98. The van der Waals surface area contributed by atoms with Gasteiger partial charge in [-0.3, -0.25) is 0 Å². The second-order valence-corrected chi connectivity index (χ2v) is 10.2. The molecule has 0 heterocycles. The zero-order valence-corrected chi connectivity index (χ0v) is 19.8. The van der Waals surface area contributed by atoms with Crippen molar-refractivity contribution in [2.45, 2.75) is 30.0 Å². The number of fused-ring (bicyclic) bond motifs is 1. The van der Waals surface area contributed by atoms with Crippen LogP contribution in [-0.2, 0) is 33.8 Å². The Bertz CT molecular complexity index is 1530. The third-order valence-corrected chi connectivity index (χ3v) is 7.52. The van der Waals surface area contributed by atoms with Crippen molar-refractivity contribution in [3.8, 4) is 11.1 Å². The third-order valence-electron chi connectivity index (χ3n) is 5.95. The molecule has 1 atom stereocenters. The van der Waals surface area contributed by atoms with Crippen LogP contribution in [0.1, 0.15) is 32.6 Å². The molecule has 3 aromatic carbocycles. The van der Waals surface area contributed by atoms with Gasteiger partial charge >= 0.3 is 18.1 Å². The van der Waals surface area contributed by atoms with E-state index in [4.69, 9.17) is 5.11 Å².